The van der Waals surface area contributed by atoms with E-state index in [4.69, 9.17) is 4.74 Å². The number of nitrogens with one attached hydrogen (secondary N) is 1. The maximum atomic E-state index is 12.5. The maximum absolute atomic E-state index is 12.5. The van der Waals surface area contributed by atoms with Gasteiger partial charge in [0.2, 0.25) is 10.0 Å². The summed E-state index contributed by atoms with van der Waals surface area (Å²) in [5, 5.41) is 0. The normalized spacial score (nSPS) is 11.1. The van der Waals surface area contributed by atoms with Gasteiger partial charge >= 0.3 is 0 Å². The van der Waals surface area contributed by atoms with E-state index in [1.165, 1.54) is 26.3 Å². The summed E-state index contributed by atoms with van der Waals surface area (Å²) in [7, 11) is -1.03. The van der Waals surface area contributed by atoms with Gasteiger partial charge in [-0.1, -0.05) is 12.2 Å². The zero-order valence-corrected chi connectivity index (χ0v) is 14.2. The fourth-order valence-corrected chi connectivity index (χ4v) is 2.88. The Morgan fingerprint density at radius 2 is 2.05 bits per heavy atom. The molecule has 1 rings (SSSR count). The molecule has 0 aliphatic heterocycles. The second-order valence-corrected chi connectivity index (χ2v) is 6.70. The van der Waals surface area contributed by atoms with Crippen LogP contribution in [0.3, 0.4) is 0 Å². The molecule has 0 aromatic heterocycles. The van der Waals surface area contributed by atoms with Crippen LogP contribution >= 0.6 is 0 Å². The summed E-state index contributed by atoms with van der Waals surface area (Å²) < 4.78 is 31.4. The maximum Gasteiger partial charge on any atom is 0.254 e. The summed E-state index contributed by atoms with van der Waals surface area (Å²) in [5.41, 5.74) is 1.14. The molecule has 1 aromatic rings. The Hall–Kier alpha value is -1.86. The molecule has 7 heteroatoms. The highest BCUT2D eigenvalue weighted by Gasteiger charge is 2.22. The lowest BCUT2D eigenvalue weighted by Crippen LogP contribution is -2.32. The summed E-state index contributed by atoms with van der Waals surface area (Å²) >= 11 is 0. The number of rotatable bonds is 7. The lowest BCUT2D eigenvalue weighted by Gasteiger charge is -2.21. The molecule has 0 aliphatic rings. The Morgan fingerprint density at radius 3 is 2.50 bits per heavy atom. The number of hydrogen-bond acceptors (Lipinski definition) is 4. The van der Waals surface area contributed by atoms with Gasteiger partial charge in [0.25, 0.3) is 5.91 Å². The third-order valence-electron chi connectivity index (χ3n) is 3.10. The molecule has 0 fully saturated rings. The monoisotopic (exact) mass is 326 g/mol. The van der Waals surface area contributed by atoms with Crippen molar-refractivity contribution in [3.8, 4) is 5.75 Å². The average Bonchev–Trinajstić information content (AvgIpc) is 2.51. The molecule has 22 heavy (non-hydrogen) atoms. The first-order chi connectivity index (χ1) is 10.3. The standard InChI is InChI=1S/C15H22N2O4S/c1-6-17(10-11(2)3)15(18)12-7-8-13(21-5)14(9-12)22(19,20)16-4/h7-9,16H,2,6,10H2,1,3-5H3. The number of ether oxygens (including phenoxy) is 1. The first kappa shape index (κ1) is 18.2. The van der Waals surface area contributed by atoms with Crippen LogP contribution in [0.4, 0.5) is 0 Å². The van der Waals surface area contributed by atoms with Gasteiger partial charge in [0.1, 0.15) is 10.6 Å². The van der Waals surface area contributed by atoms with Gasteiger partial charge in [0.15, 0.2) is 0 Å². The van der Waals surface area contributed by atoms with Gasteiger partial charge in [-0.15, -0.1) is 0 Å². The zero-order valence-electron chi connectivity index (χ0n) is 13.3. The fourth-order valence-electron chi connectivity index (χ4n) is 1.97. The average molecular weight is 326 g/mol. The van der Waals surface area contributed by atoms with Crippen molar-refractivity contribution in [2.24, 2.45) is 0 Å². The van der Waals surface area contributed by atoms with Crippen LogP contribution in [-0.4, -0.2) is 46.5 Å². The first-order valence-electron chi connectivity index (χ1n) is 6.82. The highest BCUT2D eigenvalue weighted by Crippen LogP contribution is 2.25. The molecule has 0 unspecified atom stereocenters. The van der Waals surface area contributed by atoms with Gasteiger partial charge in [0, 0.05) is 18.7 Å². The summed E-state index contributed by atoms with van der Waals surface area (Å²) in [6.45, 7) is 8.42. The van der Waals surface area contributed by atoms with Crippen molar-refractivity contribution in [3.05, 3.63) is 35.9 Å². The quantitative estimate of drug-likeness (QED) is 0.773. The molecule has 1 amide bonds. The minimum Gasteiger partial charge on any atom is -0.495 e. The summed E-state index contributed by atoms with van der Waals surface area (Å²) in [6.07, 6.45) is 0. The van der Waals surface area contributed by atoms with Crippen molar-refractivity contribution < 1.29 is 17.9 Å². The van der Waals surface area contributed by atoms with E-state index in [0.717, 1.165) is 5.57 Å². The Morgan fingerprint density at radius 1 is 1.41 bits per heavy atom. The molecule has 0 radical (unpaired) electrons. The molecule has 0 bridgehead atoms. The Balaban J connectivity index is 3.30. The van der Waals surface area contributed by atoms with Crippen LogP contribution in [0.15, 0.2) is 35.2 Å². The zero-order chi connectivity index (χ0) is 16.9. The first-order valence-corrected chi connectivity index (χ1v) is 8.30. The lowest BCUT2D eigenvalue weighted by atomic mass is 10.1. The van der Waals surface area contributed by atoms with Crippen LogP contribution in [-0.2, 0) is 10.0 Å². The molecule has 0 spiro atoms. The van der Waals surface area contributed by atoms with E-state index in [1.54, 1.807) is 11.0 Å². The number of nitrogens with zero attached hydrogens (tertiary/aromatic N) is 1. The molecule has 0 saturated heterocycles. The van der Waals surface area contributed by atoms with Crippen molar-refractivity contribution in [1.29, 1.82) is 0 Å². The number of likely N-dealkylation sites (N-methyl/N-ethyl adjacent to an activating group) is 1. The smallest absolute Gasteiger partial charge is 0.254 e. The largest absolute Gasteiger partial charge is 0.495 e. The van der Waals surface area contributed by atoms with Crippen LogP contribution in [0, 0.1) is 0 Å². The molecule has 0 atom stereocenters. The molecular formula is C15H22N2O4S. The molecule has 0 saturated carbocycles. The van der Waals surface area contributed by atoms with E-state index in [2.05, 4.69) is 11.3 Å². The fraction of sp³-hybridized carbons (Fsp3) is 0.400. The number of carbonyl (C=O) groups excluding carboxylic acids is 1. The molecular weight excluding hydrogens is 304 g/mol. The minimum atomic E-state index is -3.72. The molecule has 1 N–H and O–H groups in total. The molecule has 122 valence electrons. The number of benzene rings is 1. The topological polar surface area (TPSA) is 75.7 Å². The summed E-state index contributed by atoms with van der Waals surface area (Å²) in [5.74, 6) is -0.0606. The summed E-state index contributed by atoms with van der Waals surface area (Å²) in [4.78, 5) is 14.0. The van der Waals surface area contributed by atoms with Crippen LogP contribution in [0.25, 0.3) is 0 Å². The number of amides is 1. The predicted molar refractivity (Wildman–Crippen MR) is 85.6 cm³/mol. The Kier molecular flexibility index (Phi) is 6.13. The van der Waals surface area contributed by atoms with Gasteiger partial charge in [-0.25, -0.2) is 13.1 Å². The minimum absolute atomic E-state index is 0.0604. The second kappa shape index (κ2) is 7.42. The van der Waals surface area contributed by atoms with Gasteiger partial charge in [-0.05, 0) is 39.1 Å². The van der Waals surface area contributed by atoms with Gasteiger partial charge in [-0.2, -0.15) is 0 Å². The molecule has 6 nitrogen and oxygen atoms in total. The highest BCUT2D eigenvalue weighted by molar-refractivity contribution is 7.89. The van der Waals surface area contributed by atoms with Gasteiger partial charge in [0.05, 0.1) is 7.11 Å². The van der Waals surface area contributed by atoms with Crippen molar-refractivity contribution in [2.75, 3.05) is 27.2 Å². The van der Waals surface area contributed by atoms with E-state index in [0.29, 0.717) is 13.1 Å². The van der Waals surface area contributed by atoms with E-state index in [-0.39, 0.29) is 22.1 Å². The van der Waals surface area contributed by atoms with Crippen molar-refractivity contribution in [3.63, 3.8) is 0 Å². The van der Waals surface area contributed by atoms with Crippen molar-refractivity contribution >= 4 is 15.9 Å². The summed E-state index contributed by atoms with van der Waals surface area (Å²) in [6, 6.07) is 4.36. The SMILES string of the molecule is C=C(C)CN(CC)C(=O)c1ccc(OC)c(S(=O)(=O)NC)c1. The predicted octanol–water partition coefficient (Wildman–Crippen LogP) is 1.64. The third kappa shape index (κ3) is 4.08. The molecule has 1 aromatic carbocycles. The number of hydrogen-bond donors (Lipinski definition) is 1. The Bertz CT molecular complexity index is 668. The van der Waals surface area contributed by atoms with Crippen LogP contribution < -0.4 is 9.46 Å². The lowest BCUT2D eigenvalue weighted by molar-refractivity contribution is 0.0778. The van der Waals surface area contributed by atoms with Gasteiger partial charge < -0.3 is 9.64 Å². The highest BCUT2D eigenvalue weighted by atomic mass is 32.2. The van der Waals surface area contributed by atoms with Crippen LogP contribution in [0.1, 0.15) is 24.2 Å². The second-order valence-electron chi connectivity index (χ2n) is 4.85. The van der Waals surface area contributed by atoms with E-state index in [1.807, 2.05) is 13.8 Å². The van der Waals surface area contributed by atoms with E-state index in [9.17, 15) is 13.2 Å². The number of sulfonamides is 1. The molecule has 0 heterocycles. The van der Waals surface area contributed by atoms with Crippen LogP contribution in [0.5, 0.6) is 5.75 Å². The van der Waals surface area contributed by atoms with Crippen LogP contribution in [0.2, 0.25) is 0 Å². The van der Waals surface area contributed by atoms with E-state index >= 15 is 0 Å². The Labute approximate surface area is 131 Å². The van der Waals surface area contributed by atoms with Crippen molar-refractivity contribution in [2.45, 2.75) is 18.7 Å². The van der Waals surface area contributed by atoms with Crippen molar-refractivity contribution in [1.82, 2.24) is 9.62 Å². The number of carbonyl (C=O) groups is 1. The molecule has 0 aliphatic carbocycles. The van der Waals surface area contributed by atoms with Gasteiger partial charge in [-0.3, -0.25) is 4.79 Å². The third-order valence-corrected chi connectivity index (χ3v) is 4.53. The van der Waals surface area contributed by atoms with E-state index < -0.39 is 10.0 Å². The number of methoxy groups -OCH3 is 1.